The van der Waals surface area contributed by atoms with Crippen LogP contribution in [-0.4, -0.2) is 5.91 Å². The van der Waals surface area contributed by atoms with Gasteiger partial charge in [0.1, 0.15) is 0 Å². The predicted octanol–water partition coefficient (Wildman–Crippen LogP) is 5.55. The number of aryl methyl sites for hydroxylation is 1. The molecule has 0 heterocycles. The van der Waals surface area contributed by atoms with E-state index in [-0.39, 0.29) is 11.9 Å². The molecular formula is C24H25NO. The molecule has 0 aliphatic rings. The average molecular weight is 343 g/mol. The van der Waals surface area contributed by atoms with Crippen molar-refractivity contribution in [3.05, 3.63) is 107 Å². The number of hydrogen-bond acceptors (Lipinski definition) is 1. The molecule has 0 saturated heterocycles. The molecule has 26 heavy (non-hydrogen) atoms. The fraction of sp³-hybridized carbons (Fsp3) is 0.208. The minimum atomic E-state index is -0.162. The van der Waals surface area contributed by atoms with Crippen LogP contribution in [0.2, 0.25) is 0 Å². The van der Waals surface area contributed by atoms with Crippen molar-refractivity contribution < 1.29 is 4.79 Å². The van der Waals surface area contributed by atoms with Crippen LogP contribution in [0.15, 0.2) is 84.9 Å². The molecule has 3 rings (SSSR count). The minimum Gasteiger partial charge on any atom is -0.341 e. The Bertz CT molecular complexity index is 770. The molecule has 1 N–H and O–H groups in total. The molecule has 0 radical (unpaired) electrons. The number of nitrogens with one attached hydrogen (secondary N) is 1. The molecule has 0 fully saturated rings. The first-order chi connectivity index (χ1) is 12.8. The van der Waals surface area contributed by atoms with Crippen LogP contribution in [0.1, 0.15) is 52.9 Å². The van der Waals surface area contributed by atoms with Crippen molar-refractivity contribution in [1.29, 1.82) is 0 Å². The first kappa shape index (κ1) is 17.9. The van der Waals surface area contributed by atoms with E-state index in [1.807, 2.05) is 72.8 Å². The number of amides is 1. The van der Waals surface area contributed by atoms with E-state index in [4.69, 9.17) is 0 Å². The summed E-state index contributed by atoms with van der Waals surface area (Å²) in [4.78, 5) is 12.8. The molecule has 0 bridgehead atoms. The second kappa shape index (κ2) is 9.00. The Labute approximate surface area is 155 Å². The molecule has 132 valence electrons. The van der Waals surface area contributed by atoms with Crippen LogP contribution in [0.25, 0.3) is 0 Å². The largest absolute Gasteiger partial charge is 0.341 e. The Hall–Kier alpha value is -2.87. The number of unbranched alkanes of at least 4 members (excludes halogenated alkanes) is 1. The molecular weight excluding hydrogens is 318 g/mol. The van der Waals surface area contributed by atoms with Crippen molar-refractivity contribution in [2.75, 3.05) is 0 Å². The Morgan fingerprint density at radius 3 is 1.85 bits per heavy atom. The second-order valence-corrected chi connectivity index (χ2v) is 6.53. The van der Waals surface area contributed by atoms with E-state index in [2.05, 4.69) is 24.4 Å². The molecule has 0 spiro atoms. The number of rotatable bonds is 7. The lowest BCUT2D eigenvalue weighted by Gasteiger charge is -2.20. The summed E-state index contributed by atoms with van der Waals surface area (Å²) >= 11 is 0. The lowest BCUT2D eigenvalue weighted by atomic mass is 9.98. The number of benzene rings is 3. The normalized spacial score (nSPS) is 10.7. The monoisotopic (exact) mass is 343 g/mol. The van der Waals surface area contributed by atoms with Crippen molar-refractivity contribution >= 4 is 5.91 Å². The van der Waals surface area contributed by atoms with Gasteiger partial charge in [-0.1, -0.05) is 86.1 Å². The van der Waals surface area contributed by atoms with Crippen molar-refractivity contribution in [2.45, 2.75) is 32.2 Å². The maximum atomic E-state index is 12.8. The zero-order valence-electron chi connectivity index (χ0n) is 15.2. The van der Waals surface area contributed by atoms with Gasteiger partial charge >= 0.3 is 0 Å². The number of carbonyl (C=O) groups is 1. The summed E-state index contributed by atoms with van der Waals surface area (Å²) in [7, 11) is 0. The maximum absolute atomic E-state index is 12.8. The molecule has 0 saturated carbocycles. The van der Waals surface area contributed by atoms with Crippen LogP contribution in [0.4, 0.5) is 0 Å². The van der Waals surface area contributed by atoms with Crippen LogP contribution in [0, 0.1) is 0 Å². The molecule has 0 atom stereocenters. The predicted molar refractivity (Wildman–Crippen MR) is 107 cm³/mol. The molecule has 3 aromatic rings. The Balaban J connectivity index is 1.79. The van der Waals surface area contributed by atoms with Crippen molar-refractivity contribution in [2.24, 2.45) is 0 Å². The van der Waals surface area contributed by atoms with Gasteiger partial charge in [-0.3, -0.25) is 4.79 Å². The third-order valence-electron chi connectivity index (χ3n) is 4.58. The standard InChI is InChI=1S/C24H25NO/c1-2-3-10-19-15-17-22(18-16-19)24(26)25-23(20-11-6-4-7-12-20)21-13-8-5-9-14-21/h4-9,11-18,23H,2-3,10H2,1H3,(H,25,26). The highest BCUT2D eigenvalue weighted by atomic mass is 16.1. The van der Waals surface area contributed by atoms with Gasteiger partial charge in [0.25, 0.3) is 5.91 Å². The molecule has 2 nitrogen and oxygen atoms in total. The van der Waals surface area contributed by atoms with E-state index in [1.165, 1.54) is 18.4 Å². The van der Waals surface area contributed by atoms with E-state index in [1.54, 1.807) is 0 Å². The van der Waals surface area contributed by atoms with E-state index < -0.39 is 0 Å². The molecule has 1 amide bonds. The van der Waals surface area contributed by atoms with Gasteiger partial charge in [0.2, 0.25) is 0 Å². The quantitative estimate of drug-likeness (QED) is 0.599. The van der Waals surface area contributed by atoms with E-state index in [0.717, 1.165) is 17.5 Å². The third-order valence-corrected chi connectivity index (χ3v) is 4.58. The summed E-state index contributed by atoms with van der Waals surface area (Å²) in [6.07, 6.45) is 3.42. The lowest BCUT2D eigenvalue weighted by molar-refractivity contribution is 0.0943. The van der Waals surface area contributed by atoms with Gasteiger partial charge in [0.15, 0.2) is 0 Å². The van der Waals surface area contributed by atoms with E-state index in [9.17, 15) is 4.79 Å². The first-order valence-electron chi connectivity index (χ1n) is 9.27. The minimum absolute atomic E-state index is 0.0512. The van der Waals surface area contributed by atoms with Gasteiger partial charge in [-0.25, -0.2) is 0 Å². The highest BCUT2D eigenvalue weighted by molar-refractivity contribution is 5.94. The van der Waals surface area contributed by atoms with Gasteiger partial charge < -0.3 is 5.32 Å². The van der Waals surface area contributed by atoms with Gasteiger partial charge in [-0.2, -0.15) is 0 Å². The highest BCUT2D eigenvalue weighted by Gasteiger charge is 2.17. The molecule has 2 heteroatoms. The Morgan fingerprint density at radius 1 is 0.808 bits per heavy atom. The summed E-state index contributed by atoms with van der Waals surface area (Å²) in [5.41, 5.74) is 4.13. The fourth-order valence-electron chi connectivity index (χ4n) is 3.07. The zero-order valence-corrected chi connectivity index (χ0v) is 15.2. The van der Waals surface area contributed by atoms with Gasteiger partial charge in [-0.15, -0.1) is 0 Å². The molecule has 0 unspecified atom stereocenters. The van der Waals surface area contributed by atoms with Crippen molar-refractivity contribution in [3.8, 4) is 0 Å². The molecule has 0 aliphatic heterocycles. The topological polar surface area (TPSA) is 29.1 Å². The van der Waals surface area contributed by atoms with Crippen LogP contribution >= 0.6 is 0 Å². The number of hydrogen-bond donors (Lipinski definition) is 1. The summed E-state index contributed by atoms with van der Waals surface area (Å²) in [5, 5.41) is 3.19. The molecule has 0 aromatic heterocycles. The number of carbonyl (C=O) groups excluding carboxylic acids is 1. The summed E-state index contributed by atoms with van der Waals surface area (Å²) < 4.78 is 0. The van der Waals surface area contributed by atoms with E-state index in [0.29, 0.717) is 5.56 Å². The molecule has 3 aromatic carbocycles. The van der Waals surface area contributed by atoms with Crippen molar-refractivity contribution in [1.82, 2.24) is 5.32 Å². The molecule has 0 aliphatic carbocycles. The summed E-state index contributed by atoms with van der Waals surface area (Å²) in [6.45, 7) is 2.19. The average Bonchev–Trinajstić information content (AvgIpc) is 2.72. The van der Waals surface area contributed by atoms with Crippen LogP contribution in [-0.2, 0) is 6.42 Å². The summed E-state index contributed by atoms with van der Waals surface area (Å²) in [5.74, 6) is -0.0512. The first-order valence-corrected chi connectivity index (χ1v) is 9.27. The van der Waals surface area contributed by atoms with Crippen LogP contribution in [0.3, 0.4) is 0 Å². The smallest absolute Gasteiger partial charge is 0.252 e. The fourth-order valence-corrected chi connectivity index (χ4v) is 3.07. The zero-order chi connectivity index (χ0) is 18.2. The SMILES string of the molecule is CCCCc1ccc(C(=O)NC(c2ccccc2)c2ccccc2)cc1. The van der Waals surface area contributed by atoms with Crippen LogP contribution in [0.5, 0.6) is 0 Å². The van der Waals surface area contributed by atoms with Crippen molar-refractivity contribution in [3.63, 3.8) is 0 Å². The van der Waals surface area contributed by atoms with Gasteiger partial charge in [-0.05, 0) is 41.7 Å². The van der Waals surface area contributed by atoms with E-state index >= 15 is 0 Å². The highest BCUT2D eigenvalue weighted by Crippen LogP contribution is 2.22. The third kappa shape index (κ3) is 4.60. The Kier molecular flexibility index (Phi) is 6.21. The Morgan fingerprint density at radius 2 is 1.35 bits per heavy atom. The van der Waals surface area contributed by atoms with Gasteiger partial charge in [0, 0.05) is 5.56 Å². The summed E-state index contributed by atoms with van der Waals surface area (Å²) in [6, 6.07) is 28.0. The maximum Gasteiger partial charge on any atom is 0.252 e. The lowest BCUT2D eigenvalue weighted by Crippen LogP contribution is -2.29. The van der Waals surface area contributed by atoms with Crippen LogP contribution < -0.4 is 5.32 Å². The second-order valence-electron chi connectivity index (χ2n) is 6.53. The van der Waals surface area contributed by atoms with Gasteiger partial charge in [0.05, 0.1) is 6.04 Å².